The van der Waals surface area contributed by atoms with Gasteiger partial charge >= 0.3 is 12.0 Å². The third-order valence-electron chi connectivity index (χ3n) is 2.22. The number of halogens is 1. The highest BCUT2D eigenvalue weighted by Crippen LogP contribution is 2.14. The van der Waals surface area contributed by atoms with Gasteiger partial charge in [0, 0.05) is 23.7 Å². The normalized spacial score (nSPS) is 9.85. The Bertz CT molecular complexity index is 508. The molecule has 0 spiro atoms. The van der Waals surface area contributed by atoms with Crippen molar-refractivity contribution in [2.45, 2.75) is 0 Å². The minimum Gasteiger partial charge on any atom is -0.478 e. The van der Waals surface area contributed by atoms with Crippen molar-refractivity contribution in [2.75, 3.05) is 23.4 Å². The van der Waals surface area contributed by atoms with E-state index in [4.69, 9.17) is 5.11 Å². The SMILES string of the molecule is C=CCSCCNC(=O)Nc1ccc(F)c(C(=O)O)c1. The Balaban J connectivity index is 2.47. The van der Waals surface area contributed by atoms with Crippen LogP contribution in [0.2, 0.25) is 0 Å². The molecular weight excluding hydrogens is 283 g/mol. The molecule has 0 unspecified atom stereocenters. The van der Waals surface area contributed by atoms with Crippen LogP contribution in [-0.4, -0.2) is 35.2 Å². The molecule has 7 heteroatoms. The lowest BCUT2D eigenvalue weighted by Crippen LogP contribution is -2.30. The average molecular weight is 298 g/mol. The maximum atomic E-state index is 13.2. The summed E-state index contributed by atoms with van der Waals surface area (Å²) < 4.78 is 13.2. The number of benzene rings is 1. The number of nitrogens with one attached hydrogen (secondary N) is 2. The molecule has 0 fully saturated rings. The zero-order chi connectivity index (χ0) is 15.0. The highest BCUT2D eigenvalue weighted by molar-refractivity contribution is 7.99. The second-order valence-electron chi connectivity index (χ2n) is 3.74. The first kappa shape index (κ1) is 16.0. The summed E-state index contributed by atoms with van der Waals surface area (Å²) in [6.45, 7) is 4.05. The average Bonchev–Trinajstić information content (AvgIpc) is 2.40. The predicted molar refractivity (Wildman–Crippen MR) is 77.9 cm³/mol. The van der Waals surface area contributed by atoms with Crippen molar-refractivity contribution in [2.24, 2.45) is 0 Å². The van der Waals surface area contributed by atoms with Crippen LogP contribution in [0.15, 0.2) is 30.9 Å². The van der Waals surface area contributed by atoms with Crippen LogP contribution in [0.25, 0.3) is 0 Å². The van der Waals surface area contributed by atoms with E-state index in [1.807, 2.05) is 0 Å². The van der Waals surface area contributed by atoms with E-state index in [1.54, 1.807) is 17.8 Å². The largest absolute Gasteiger partial charge is 0.478 e. The number of carbonyl (C=O) groups excluding carboxylic acids is 1. The van der Waals surface area contributed by atoms with E-state index in [-0.39, 0.29) is 5.69 Å². The molecule has 1 rings (SSSR count). The van der Waals surface area contributed by atoms with Crippen LogP contribution in [0, 0.1) is 5.82 Å². The fourth-order valence-corrected chi connectivity index (χ4v) is 1.93. The zero-order valence-electron chi connectivity index (χ0n) is 10.7. The number of hydrogen-bond donors (Lipinski definition) is 3. The van der Waals surface area contributed by atoms with Gasteiger partial charge in [-0.15, -0.1) is 6.58 Å². The molecule has 20 heavy (non-hydrogen) atoms. The molecule has 5 nitrogen and oxygen atoms in total. The van der Waals surface area contributed by atoms with E-state index in [0.717, 1.165) is 23.6 Å². The second-order valence-corrected chi connectivity index (χ2v) is 4.89. The van der Waals surface area contributed by atoms with Gasteiger partial charge in [-0.2, -0.15) is 11.8 Å². The molecule has 3 N–H and O–H groups in total. The Morgan fingerprint density at radius 3 is 2.85 bits per heavy atom. The van der Waals surface area contributed by atoms with Gasteiger partial charge in [-0.1, -0.05) is 6.08 Å². The van der Waals surface area contributed by atoms with Crippen molar-refractivity contribution < 1.29 is 19.1 Å². The van der Waals surface area contributed by atoms with E-state index >= 15 is 0 Å². The van der Waals surface area contributed by atoms with Crippen molar-refractivity contribution in [1.82, 2.24) is 5.32 Å². The van der Waals surface area contributed by atoms with E-state index in [9.17, 15) is 14.0 Å². The molecule has 0 saturated carbocycles. The van der Waals surface area contributed by atoms with E-state index in [2.05, 4.69) is 17.2 Å². The van der Waals surface area contributed by atoms with Crippen LogP contribution in [0.1, 0.15) is 10.4 Å². The number of anilines is 1. The van der Waals surface area contributed by atoms with Gasteiger partial charge in [-0.3, -0.25) is 0 Å². The van der Waals surface area contributed by atoms with Crippen LogP contribution in [-0.2, 0) is 0 Å². The molecule has 0 aliphatic carbocycles. The number of thioether (sulfide) groups is 1. The van der Waals surface area contributed by atoms with Crippen molar-refractivity contribution in [3.8, 4) is 0 Å². The van der Waals surface area contributed by atoms with Crippen molar-refractivity contribution in [3.63, 3.8) is 0 Å². The number of aromatic carboxylic acids is 1. The van der Waals surface area contributed by atoms with E-state index in [0.29, 0.717) is 6.54 Å². The lowest BCUT2D eigenvalue weighted by atomic mass is 10.2. The third-order valence-corrected chi connectivity index (χ3v) is 3.19. The van der Waals surface area contributed by atoms with Crippen LogP contribution in [0.3, 0.4) is 0 Å². The lowest BCUT2D eigenvalue weighted by Gasteiger charge is -2.08. The molecule has 0 bridgehead atoms. The van der Waals surface area contributed by atoms with Crippen molar-refractivity contribution >= 4 is 29.4 Å². The van der Waals surface area contributed by atoms with Crippen molar-refractivity contribution in [3.05, 3.63) is 42.2 Å². The molecule has 1 aromatic rings. The van der Waals surface area contributed by atoms with Gasteiger partial charge in [0.15, 0.2) is 0 Å². The molecule has 0 radical (unpaired) electrons. The molecule has 0 aliphatic rings. The Morgan fingerprint density at radius 1 is 1.45 bits per heavy atom. The summed E-state index contributed by atoms with van der Waals surface area (Å²) in [5.41, 5.74) is -0.260. The minimum atomic E-state index is -1.38. The van der Waals surface area contributed by atoms with Gasteiger partial charge in [-0.05, 0) is 18.2 Å². The molecule has 0 heterocycles. The lowest BCUT2D eigenvalue weighted by molar-refractivity contribution is 0.0692. The summed E-state index contributed by atoms with van der Waals surface area (Å²) in [5.74, 6) is -0.677. The predicted octanol–water partition coefficient (Wildman–Crippen LogP) is 2.56. The van der Waals surface area contributed by atoms with Gasteiger partial charge in [0.25, 0.3) is 0 Å². The molecule has 108 valence electrons. The smallest absolute Gasteiger partial charge is 0.338 e. The first-order chi connectivity index (χ1) is 9.54. The Labute approximate surface area is 120 Å². The van der Waals surface area contributed by atoms with Gasteiger partial charge in [0.05, 0.1) is 5.56 Å². The number of carbonyl (C=O) groups is 2. The Kier molecular flexibility index (Phi) is 6.58. The summed E-state index contributed by atoms with van der Waals surface area (Å²) in [6.07, 6.45) is 1.77. The van der Waals surface area contributed by atoms with Gasteiger partial charge in [0.2, 0.25) is 0 Å². The number of hydrogen-bond acceptors (Lipinski definition) is 3. The van der Waals surface area contributed by atoms with Crippen LogP contribution < -0.4 is 10.6 Å². The van der Waals surface area contributed by atoms with Crippen LogP contribution >= 0.6 is 11.8 Å². The number of rotatable bonds is 7. The first-order valence-corrected chi connectivity index (χ1v) is 6.96. The highest BCUT2D eigenvalue weighted by atomic mass is 32.2. The molecule has 0 aliphatic heterocycles. The quantitative estimate of drug-likeness (QED) is 0.534. The molecule has 0 saturated heterocycles. The standard InChI is InChI=1S/C13H15FN2O3S/c1-2-6-20-7-5-15-13(19)16-9-3-4-11(14)10(8-9)12(17)18/h2-4,8H,1,5-7H2,(H,17,18)(H2,15,16,19). The van der Waals surface area contributed by atoms with E-state index < -0.39 is 23.4 Å². The van der Waals surface area contributed by atoms with Gasteiger partial charge < -0.3 is 15.7 Å². The Hall–Kier alpha value is -2.02. The molecule has 2 amide bonds. The number of carboxylic acids is 1. The zero-order valence-corrected chi connectivity index (χ0v) is 11.5. The van der Waals surface area contributed by atoms with Crippen molar-refractivity contribution in [1.29, 1.82) is 0 Å². The fraction of sp³-hybridized carbons (Fsp3) is 0.231. The number of amides is 2. The summed E-state index contributed by atoms with van der Waals surface area (Å²) >= 11 is 1.62. The topological polar surface area (TPSA) is 78.4 Å². The summed E-state index contributed by atoms with van der Waals surface area (Å²) in [5, 5.41) is 13.8. The second kappa shape index (κ2) is 8.21. The van der Waals surface area contributed by atoms with Crippen LogP contribution in [0.5, 0.6) is 0 Å². The molecule has 0 atom stereocenters. The minimum absolute atomic E-state index is 0.222. The Morgan fingerprint density at radius 2 is 2.20 bits per heavy atom. The maximum Gasteiger partial charge on any atom is 0.338 e. The monoisotopic (exact) mass is 298 g/mol. The molecular formula is C13H15FN2O3S. The maximum absolute atomic E-state index is 13.2. The molecule has 1 aromatic carbocycles. The highest BCUT2D eigenvalue weighted by Gasteiger charge is 2.11. The van der Waals surface area contributed by atoms with E-state index in [1.165, 1.54) is 6.07 Å². The summed E-state index contributed by atoms with van der Waals surface area (Å²) in [4.78, 5) is 22.3. The first-order valence-electron chi connectivity index (χ1n) is 5.81. The number of carboxylic acid groups (broad SMARTS) is 1. The summed E-state index contributed by atoms with van der Waals surface area (Å²) in [6, 6.07) is 2.91. The number of urea groups is 1. The third kappa shape index (κ3) is 5.31. The molecule has 0 aromatic heterocycles. The fourth-order valence-electron chi connectivity index (χ4n) is 1.35. The summed E-state index contributed by atoms with van der Waals surface area (Å²) in [7, 11) is 0. The van der Waals surface area contributed by atoms with Gasteiger partial charge in [-0.25, -0.2) is 14.0 Å². The van der Waals surface area contributed by atoms with Crippen LogP contribution in [0.4, 0.5) is 14.9 Å². The van der Waals surface area contributed by atoms with Gasteiger partial charge in [0.1, 0.15) is 5.82 Å².